The molecular formula is C16H10F3N5O3S. The Morgan fingerprint density at radius 3 is 2.64 bits per heavy atom. The molecule has 0 atom stereocenters. The Balaban J connectivity index is 1.80. The molecule has 0 aliphatic heterocycles. The van der Waals surface area contributed by atoms with Crippen LogP contribution in [0.5, 0.6) is 0 Å². The fourth-order valence-electron chi connectivity index (χ4n) is 2.63. The van der Waals surface area contributed by atoms with E-state index in [0.29, 0.717) is 11.9 Å². The Bertz CT molecular complexity index is 1290. The molecule has 0 spiro atoms. The van der Waals surface area contributed by atoms with Gasteiger partial charge in [0.15, 0.2) is 0 Å². The van der Waals surface area contributed by atoms with Crippen LogP contribution in [0.1, 0.15) is 11.6 Å². The molecule has 0 aromatic carbocycles. The smallest absolute Gasteiger partial charge is 0.337 e. The number of hydrogen-bond donors (Lipinski definition) is 0. The number of aromatic nitrogens is 5. The molecule has 0 bridgehead atoms. The second kappa shape index (κ2) is 6.41. The van der Waals surface area contributed by atoms with Gasteiger partial charge in [-0.3, -0.25) is 13.9 Å². The quantitative estimate of drug-likeness (QED) is 0.515. The van der Waals surface area contributed by atoms with Crippen molar-refractivity contribution in [2.24, 2.45) is 7.05 Å². The van der Waals surface area contributed by atoms with Gasteiger partial charge in [-0.05, 0) is 23.6 Å². The fourth-order valence-corrected chi connectivity index (χ4v) is 3.28. The Morgan fingerprint density at radius 1 is 1.18 bits per heavy atom. The number of nitrogens with zero attached hydrogens (tertiary/aromatic N) is 5. The van der Waals surface area contributed by atoms with Crippen LogP contribution in [0.25, 0.3) is 21.7 Å². The number of pyridine rings is 1. The van der Waals surface area contributed by atoms with Crippen LogP contribution in [0.2, 0.25) is 0 Å². The van der Waals surface area contributed by atoms with Crippen LogP contribution >= 0.6 is 11.3 Å². The van der Waals surface area contributed by atoms with Crippen molar-refractivity contribution < 1.29 is 17.7 Å². The normalized spacial score (nSPS) is 12.0. The third-order valence-corrected chi connectivity index (χ3v) is 4.85. The first-order chi connectivity index (χ1) is 13.3. The molecule has 28 heavy (non-hydrogen) atoms. The molecular weight excluding hydrogens is 399 g/mol. The maximum atomic E-state index is 12.9. The van der Waals surface area contributed by atoms with Gasteiger partial charge in [0.2, 0.25) is 11.7 Å². The van der Waals surface area contributed by atoms with Gasteiger partial charge >= 0.3 is 11.9 Å². The number of rotatable bonds is 3. The molecule has 0 N–H and O–H groups in total. The van der Waals surface area contributed by atoms with Crippen LogP contribution < -0.4 is 11.2 Å². The van der Waals surface area contributed by atoms with Gasteiger partial charge in [0.05, 0.1) is 10.3 Å². The minimum absolute atomic E-state index is 0.0156. The third-order valence-electron chi connectivity index (χ3n) is 3.98. The number of thiophene rings is 1. The molecule has 0 unspecified atom stereocenters. The number of fused-ring (bicyclic) bond motifs is 1. The van der Waals surface area contributed by atoms with E-state index < -0.39 is 23.1 Å². The Morgan fingerprint density at radius 2 is 1.96 bits per heavy atom. The van der Waals surface area contributed by atoms with Gasteiger partial charge in [-0.2, -0.15) is 18.2 Å². The lowest BCUT2D eigenvalue weighted by atomic mass is 10.2. The Hall–Kier alpha value is -3.28. The predicted molar refractivity (Wildman–Crippen MR) is 93.0 cm³/mol. The minimum Gasteiger partial charge on any atom is -0.337 e. The summed E-state index contributed by atoms with van der Waals surface area (Å²) in [7, 11) is 1.23. The van der Waals surface area contributed by atoms with E-state index in [9.17, 15) is 22.8 Å². The summed E-state index contributed by atoms with van der Waals surface area (Å²) in [6, 6.07) is 5.28. The van der Waals surface area contributed by atoms with E-state index in [1.165, 1.54) is 18.4 Å². The Labute approximate surface area is 157 Å². The van der Waals surface area contributed by atoms with Gasteiger partial charge in [0, 0.05) is 7.05 Å². The van der Waals surface area contributed by atoms with Crippen LogP contribution in [0.15, 0.2) is 43.8 Å². The zero-order chi connectivity index (χ0) is 20.1. The van der Waals surface area contributed by atoms with Gasteiger partial charge in [-0.25, -0.2) is 9.78 Å². The molecule has 0 saturated heterocycles. The molecule has 4 aromatic rings. The highest BCUT2D eigenvalue weighted by Gasteiger charge is 2.33. The van der Waals surface area contributed by atoms with Gasteiger partial charge in [0.1, 0.15) is 17.9 Å². The van der Waals surface area contributed by atoms with E-state index in [4.69, 9.17) is 4.52 Å². The highest BCUT2D eigenvalue weighted by atomic mass is 32.1. The standard InChI is InChI=1S/C16H10F3N5O3S/c1-23-13-8(4-5-10(20-13)16(17,18)19)14(25)24(15(23)26)7-11-21-12(22-27-11)9-3-2-6-28-9/h2-6H,7H2,1H3. The molecule has 4 heterocycles. The molecule has 0 amide bonds. The van der Waals surface area contributed by atoms with Crippen molar-refractivity contribution in [1.82, 2.24) is 24.3 Å². The van der Waals surface area contributed by atoms with E-state index in [1.54, 1.807) is 6.07 Å². The van der Waals surface area contributed by atoms with Crippen LogP contribution in [-0.2, 0) is 19.8 Å². The van der Waals surface area contributed by atoms with Crippen molar-refractivity contribution in [3.05, 3.63) is 62.1 Å². The second-order valence-electron chi connectivity index (χ2n) is 5.79. The zero-order valence-corrected chi connectivity index (χ0v) is 14.9. The summed E-state index contributed by atoms with van der Waals surface area (Å²) in [6.45, 7) is -0.319. The van der Waals surface area contributed by atoms with E-state index >= 15 is 0 Å². The second-order valence-corrected chi connectivity index (χ2v) is 6.74. The maximum Gasteiger partial charge on any atom is 0.433 e. The van der Waals surface area contributed by atoms with Gasteiger partial charge in [0.25, 0.3) is 5.56 Å². The SMILES string of the molecule is Cn1c(=O)n(Cc2nc(-c3cccs3)no2)c(=O)c2ccc(C(F)(F)F)nc21. The summed E-state index contributed by atoms with van der Waals surface area (Å²) in [6.07, 6.45) is -4.69. The summed E-state index contributed by atoms with van der Waals surface area (Å²) in [5.74, 6) is 0.328. The van der Waals surface area contributed by atoms with E-state index in [-0.39, 0.29) is 23.5 Å². The molecule has 4 rings (SSSR count). The van der Waals surface area contributed by atoms with Crippen molar-refractivity contribution in [2.75, 3.05) is 0 Å². The molecule has 8 nitrogen and oxygen atoms in total. The van der Waals surface area contributed by atoms with E-state index in [1.807, 2.05) is 11.4 Å². The summed E-state index contributed by atoms with van der Waals surface area (Å²) in [4.78, 5) is 33.5. The highest BCUT2D eigenvalue weighted by molar-refractivity contribution is 7.13. The zero-order valence-electron chi connectivity index (χ0n) is 14.1. The van der Waals surface area contributed by atoms with Gasteiger partial charge in [-0.15, -0.1) is 11.3 Å². The monoisotopic (exact) mass is 409 g/mol. The molecule has 0 saturated carbocycles. The molecule has 0 radical (unpaired) electrons. The van der Waals surface area contributed by atoms with Crippen molar-refractivity contribution in [3.8, 4) is 10.7 Å². The number of hydrogen-bond acceptors (Lipinski definition) is 7. The van der Waals surface area contributed by atoms with Crippen LogP contribution in [0.3, 0.4) is 0 Å². The topological polar surface area (TPSA) is 95.8 Å². The number of alkyl halides is 3. The van der Waals surface area contributed by atoms with Crippen LogP contribution in [-0.4, -0.2) is 24.3 Å². The lowest BCUT2D eigenvalue weighted by molar-refractivity contribution is -0.141. The largest absolute Gasteiger partial charge is 0.433 e. The summed E-state index contributed by atoms with van der Waals surface area (Å²) in [5, 5.41) is 5.50. The summed E-state index contributed by atoms with van der Waals surface area (Å²) < 4.78 is 45.4. The van der Waals surface area contributed by atoms with E-state index in [2.05, 4.69) is 15.1 Å². The first-order valence-corrected chi connectivity index (χ1v) is 8.68. The lowest BCUT2D eigenvalue weighted by Crippen LogP contribution is -2.39. The van der Waals surface area contributed by atoms with E-state index in [0.717, 1.165) is 20.1 Å². The van der Waals surface area contributed by atoms with Crippen LogP contribution in [0, 0.1) is 0 Å². The average Bonchev–Trinajstić information content (AvgIpc) is 3.33. The minimum atomic E-state index is -4.69. The van der Waals surface area contributed by atoms with Crippen molar-refractivity contribution in [3.63, 3.8) is 0 Å². The highest BCUT2D eigenvalue weighted by Crippen LogP contribution is 2.28. The summed E-state index contributed by atoms with van der Waals surface area (Å²) in [5.41, 5.74) is -3.19. The van der Waals surface area contributed by atoms with Crippen LogP contribution in [0.4, 0.5) is 13.2 Å². The lowest BCUT2D eigenvalue weighted by Gasteiger charge is -2.11. The first kappa shape index (κ1) is 18.1. The number of aryl methyl sites for hydroxylation is 1. The maximum absolute atomic E-state index is 12.9. The molecule has 0 aliphatic rings. The fraction of sp³-hybridized carbons (Fsp3) is 0.188. The van der Waals surface area contributed by atoms with Crippen molar-refractivity contribution in [2.45, 2.75) is 12.7 Å². The first-order valence-electron chi connectivity index (χ1n) is 7.80. The van der Waals surface area contributed by atoms with Gasteiger partial charge < -0.3 is 4.52 Å². The Kier molecular flexibility index (Phi) is 4.14. The van der Waals surface area contributed by atoms with Gasteiger partial charge in [-0.1, -0.05) is 11.2 Å². The molecule has 144 valence electrons. The number of halogens is 3. The predicted octanol–water partition coefficient (Wildman–Crippen LogP) is 2.27. The van der Waals surface area contributed by atoms with Crippen molar-refractivity contribution >= 4 is 22.4 Å². The van der Waals surface area contributed by atoms with Crippen molar-refractivity contribution in [1.29, 1.82) is 0 Å². The summed E-state index contributed by atoms with van der Waals surface area (Å²) >= 11 is 1.39. The average molecular weight is 409 g/mol. The third kappa shape index (κ3) is 3.01. The molecule has 12 heteroatoms. The molecule has 0 aliphatic carbocycles. The molecule has 4 aromatic heterocycles. The molecule has 0 fully saturated rings.